The number of rotatable bonds is 6. The van der Waals surface area contributed by atoms with Crippen molar-refractivity contribution in [3.05, 3.63) is 200 Å². The minimum atomic E-state index is 0.574. The Hall–Kier alpha value is -7.63. The summed E-state index contributed by atoms with van der Waals surface area (Å²) in [4.78, 5) is 15.6. The molecule has 0 bridgehead atoms. The summed E-state index contributed by atoms with van der Waals surface area (Å²) in [5.74, 6) is 1.82. The van der Waals surface area contributed by atoms with Crippen molar-refractivity contribution in [2.24, 2.45) is 0 Å². The molecular formula is C51H33N5. The van der Waals surface area contributed by atoms with Crippen LogP contribution in [-0.2, 0) is 0 Å². The minimum absolute atomic E-state index is 0.574. The van der Waals surface area contributed by atoms with Gasteiger partial charge >= 0.3 is 0 Å². The molecule has 0 aliphatic rings. The van der Waals surface area contributed by atoms with Crippen LogP contribution in [0.2, 0.25) is 0 Å². The van der Waals surface area contributed by atoms with Crippen molar-refractivity contribution < 1.29 is 0 Å². The predicted octanol–water partition coefficient (Wildman–Crippen LogP) is 12.7. The smallest absolute Gasteiger partial charge is 0.238 e. The molecule has 0 aliphatic carbocycles. The zero-order chi connectivity index (χ0) is 37.0. The van der Waals surface area contributed by atoms with E-state index in [4.69, 9.17) is 15.0 Å². The van der Waals surface area contributed by atoms with Gasteiger partial charge in [0.05, 0.1) is 22.1 Å². The van der Waals surface area contributed by atoms with Crippen LogP contribution in [0.5, 0.6) is 0 Å². The Balaban J connectivity index is 1.16. The zero-order valence-corrected chi connectivity index (χ0v) is 30.3. The van der Waals surface area contributed by atoms with Crippen molar-refractivity contribution in [1.82, 2.24) is 24.1 Å². The molecule has 8 aromatic carbocycles. The zero-order valence-electron chi connectivity index (χ0n) is 30.3. The van der Waals surface area contributed by atoms with Crippen molar-refractivity contribution in [3.63, 3.8) is 0 Å². The van der Waals surface area contributed by atoms with Crippen LogP contribution in [0.4, 0.5) is 0 Å². The predicted molar refractivity (Wildman–Crippen MR) is 230 cm³/mol. The second kappa shape index (κ2) is 13.0. The summed E-state index contributed by atoms with van der Waals surface area (Å²) in [5.41, 5.74) is 12.0. The molecule has 0 atom stereocenters. The van der Waals surface area contributed by atoms with Gasteiger partial charge in [-0.15, -0.1) is 0 Å². The van der Waals surface area contributed by atoms with Gasteiger partial charge in [-0.2, -0.15) is 9.97 Å². The van der Waals surface area contributed by atoms with Crippen molar-refractivity contribution >= 4 is 43.6 Å². The molecule has 0 N–H and O–H groups in total. The molecule has 262 valence electrons. The van der Waals surface area contributed by atoms with Gasteiger partial charge in [0.25, 0.3) is 0 Å². The lowest BCUT2D eigenvalue weighted by molar-refractivity contribution is 0.953. The number of fused-ring (bicyclic) bond motifs is 7. The average Bonchev–Trinajstić information content (AvgIpc) is 3.80. The molecule has 5 heteroatoms. The molecule has 3 heterocycles. The molecule has 0 spiro atoms. The number of hydrogen-bond acceptors (Lipinski definition) is 3. The third-order valence-electron chi connectivity index (χ3n) is 10.8. The first kappa shape index (κ1) is 31.9. The molecule has 0 saturated heterocycles. The lowest BCUT2D eigenvalue weighted by Gasteiger charge is -2.12. The van der Waals surface area contributed by atoms with Crippen LogP contribution in [0.25, 0.3) is 100 Å². The quantitative estimate of drug-likeness (QED) is 0.172. The Labute approximate surface area is 323 Å². The highest BCUT2D eigenvalue weighted by molar-refractivity contribution is 6.28. The Morgan fingerprint density at radius 3 is 1.36 bits per heavy atom. The first-order chi connectivity index (χ1) is 27.8. The van der Waals surface area contributed by atoms with Crippen molar-refractivity contribution in [2.75, 3.05) is 0 Å². The molecule has 3 aromatic heterocycles. The van der Waals surface area contributed by atoms with Gasteiger partial charge in [0.2, 0.25) is 5.95 Å². The molecule has 56 heavy (non-hydrogen) atoms. The summed E-state index contributed by atoms with van der Waals surface area (Å²) in [5, 5.41) is 4.71. The molecule has 11 aromatic rings. The van der Waals surface area contributed by atoms with E-state index < -0.39 is 0 Å². The van der Waals surface area contributed by atoms with Crippen LogP contribution in [-0.4, -0.2) is 24.1 Å². The van der Waals surface area contributed by atoms with Crippen LogP contribution in [0.3, 0.4) is 0 Å². The van der Waals surface area contributed by atoms with Gasteiger partial charge in [-0.3, -0.25) is 4.57 Å². The third-order valence-corrected chi connectivity index (χ3v) is 10.8. The van der Waals surface area contributed by atoms with Gasteiger partial charge in [0.1, 0.15) is 0 Å². The maximum absolute atomic E-state index is 5.27. The Kier molecular flexibility index (Phi) is 7.42. The summed E-state index contributed by atoms with van der Waals surface area (Å²) in [6.07, 6.45) is 0. The highest BCUT2D eigenvalue weighted by Gasteiger charge is 2.22. The largest absolute Gasteiger partial charge is 0.309 e. The Morgan fingerprint density at radius 1 is 0.286 bits per heavy atom. The Morgan fingerprint density at radius 2 is 0.732 bits per heavy atom. The fraction of sp³-hybridized carbons (Fsp3) is 0. The third kappa shape index (κ3) is 5.21. The van der Waals surface area contributed by atoms with E-state index in [1.54, 1.807) is 0 Å². The molecule has 0 fully saturated rings. The fourth-order valence-corrected chi connectivity index (χ4v) is 8.22. The van der Waals surface area contributed by atoms with Crippen molar-refractivity contribution in [3.8, 4) is 56.7 Å². The van der Waals surface area contributed by atoms with E-state index in [-0.39, 0.29) is 0 Å². The minimum Gasteiger partial charge on any atom is -0.309 e. The number of aromatic nitrogens is 5. The molecule has 0 unspecified atom stereocenters. The summed E-state index contributed by atoms with van der Waals surface area (Å²) in [6.45, 7) is 0. The molecule has 0 amide bonds. The number of para-hydroxylation sites is 2. The van der Waals surface area contributed by atoms with E-state index in [0.717, 1.165) is 55.4 Å². The Bertz CT molecular complexity index is 3220. The first-order valence-corrected chi connectivity index (χ1v) is 18.9. The molecule has 0 radical (unpaired) electrons. The van der Waals surface area contributed by atoms with E-state index in [1.807, 2.05) is 24.3 Å². The van der Waals surface area contributed by atoms with Gasteiger partial charge in [0, 0.05) is 38.4 Å². The highest BCUT2D eigenvalue weighted by atomic mass is 15.2. The van der Waals surface area contributed by atoms with Crippen LogP contribution in [0, 0.1) is 0 Å². The van der Waals surface area contributed by atoms with Gasteiger partial charge in [-0.05, 0) is 64.7 Å². The van der Waals surface area contributed by atoms with Crippen LogP contribution >= 0.6 is 0 Å². The molecule has 0 saturated carbocycles. The second-order valence-corrected chi connectivity index (χ2v) is 14.1. The maximum Gasteiger partial charge on any atom is 0.238 e. The number of hydrogen-bond donors (Lipinski definition) is 0. The molecule has 0 aliphatic heterocycles. The summed E-state index contributed by atoms with van der Waals surface area (Å²) in [7, 11) is 0. The van der Waals surface area contributed by atoms with E-state index in [0.29, 0.717) is 17.6 Å². The summed E-state index contributed by atoms with van der Waals surface area (Å²) < 4.78 is 4.60. The van der Waals surface area contributed by atoms with Gasteiger partial charge in [0.15, 0.2) is 11.6 Å². The van der Waals surface area contributed by atoms with Crippen LogP contribution in [0.15, 0.2) is 200 Å². The van der Waals surface area contributed by atoms with E-state index in [1.165, 1.54) is 27.3 Å². The normalized spacial score (nSPS) is 11.6. The fourth-order valence-electron chi connectivity index (χ4n) is 8.22. The average molecular weight is 716 g/mol. The van der Waals surface area contributed by atoms with Gasteiger partial charge in [-0.1, -0.05) is 158 Å². The van der Waals surface area contributed by atoms with Crippen molar-refractivity contribution in [1.29, 1.82) is 0 Å². The number of benzene rings is 8. The second-order valence-electron chi connectivity index (χ2n) is 14.1. The SMILES string of the molecule is c1ccc(-c2ccc(-n3c4ccccc4c4c5c6ccccc6n(-c6nc(-c7ccccc7)nc(-c7cccc(-c8ccccc8)c7)n6)c5ccc43)cc2)cc1. The van der Waals surface area contributed by atoms with Gasteiger partial charge in [-0.25, -0.2) is 4.98 Å². The molecular weight excluding hydrogens is 683 g/mol. The van der Waals surface area contributed by atoms with E-state index >= 15 is 0 Å². The highest BCUT2D eigenvalue weighted by Crippen LogP contribution is 2.42. The number of nitrogens with zero attached hydrogens (tertiary/aromatic N) is 5. The monoisotopic (exact) mass is 715 g/mol. The summed E-state index contributed by atoms with van der Waals surface area (Å²) >= 11 is 0. The van der Waals surface area contributed by atoms with Crippen molar-refractivity contribution in [2.45, 2.75) is 0 Å². The topological polar surface area (TPSA) is 48.5 Å². The molecule has 11 rings (SSSR count). The van der Waals surface area contributed by atoms with Crippen LogP contribution in [0.1, 0.15) is 0 Å². The lowest BCUT2D eigenvalue weighted by atomic mass is 10.0. The lowest BCUT2D eigenvalue weighted by Crippen LogP contribution is -2.06. The van der Waals surface area contributed by atoms with Crippen LogP contribution < -0.4 is 0 Å². The maximum atomic E-state index is 5.27. The van der Waals surface area contributed by atoms with Gasteiger partial charge < -0.3 is 4.57 Å². The molecule has 5 nitrogen and oxygen atoms in total. The first-order valence-electron chi connectivity index (χ1n) is 18.9. The van der Waals surface area contributed by atoms with E-state index in [2.05, 4.69) is 185 Å². The summed E-state index contributed by atoms with van der Waals surface area (Å²) in [6, 6.07) is 70.3. The van der Waals surface area contributed by atoms with E-state index in [9.17, 15) is 0 Å². The standard InChI is InChI=1S/C51H33N5/c1-4-15-34(16-5-1)36-27-29-40(30-28-36)55-43-25-12-10-23-41(43)47-45(55)31-32-46-48(47)42-24-11-13-26-44(42)56(46)51-53-49(37-19-8-3-9-20-37)52-50(54-51)39-22-14-21-38(33-39)35-17-6-2-7-18-35/h1-33H.